The zero-order chi connectivity index (χ0) is 12.4. The summed E-state index contributed by atoms with van der Waals surface area (Å²) in [6, 6.07) is 4.68. The molecule has 1 atom stereocenters. The van der Waals surface area contributed by atoms with Crippen LogP contribution in [0.2, 0.25) is 5.02 Å². The first-order valence-corrected chi connectivity index (χ1v) is 7.19. The molecule has 1 heterocycles. The highest BCUT2D eigenvalue weighted by atomic mass is 79.9. The molecule has 4 heteroatoms. The van der Waals surface area contributed by atoms with Gasteiger partial charge in [0.2, 0.25) is 0 Å². The Kier molecular flexibility index (Phi) is 4.34. The van der Waals surface area contributed by atoms with Gasteiger partial charge in [-0.1, -0.05) is 11.6 Å². The van der Waals surface area contributed by atoms with Crippen molar-refractivity contribution in [2.75, 3.05) is 24.5 Å². The number of hydrogen-bond donors (Lipinski definition) is 1. The fraction of sp³-hybridized carbons (Fsp3) is 0.538. The summed E-state index contributed by atoms with van der Waals surface area (Å²) in [6.45, 7) is 7.45. The van der Waals surface area contributed by atoms with Crippen LogP contribution in [0, 0.1) is 6.92 Å². The first-order chi connectivity index (χ1) is 8.08. The fourth-order valence-corrected chi connectivity index (χ4v) is 3.07. The second kappa shape index (κ2) is 5.59. The summed E-state index contributed by atoms with van der Waals surface area (Å²) in [5.74, 6) is 0. The van der Waals surface area contributed by atoms with Gasteiger partial charge in [-0.15, -0.1) is 0 Å². The number of aryl methyl sites for hydroxylation is 1. The highest BCUT2D eigenvalue weighted by Gasteiger charge is 2.17. The maximum Gasteiger partial charge on any atom is 0.0526 e. The van der Waals surface area contributed by atoms with Crippen LogP contribution >= 0.6 is 27.5 Å². The summed E-state index contributed by atoms with van der Waals surface area (Å²) < 4.78 is 1.13. The molecule has 1 aromatic rings. The second-order valence-corrected chi connectivity index (χ2v) is 5.97. The zero-order valence-corrected chi connectivity index (χ0v) is 12.6. The molecule has 0 aliphatic carbocycles. The number of hydrogen-bond acceptors (Lipinski definition) is 2. The molecule has 1 fully saturated rings. The SMILES string of the molecule is Cc1cc(Br)c(N2CCCNC(C)C2)cc1Cl. The van der Waals surface area contributed by atoms with Gasteiger partial charge in [-0.25, -0.2) is 0 Å². The Labute approximate surface area is 116 Å². The molecule has 17 heavy (non-hydrogen) atoms. The third-order valence-corrected chi connectivity index (χ3v) is 4.20. The molecule has 94 valence electrons. The molecule has 1 aliphatic heterocycles. The van der Waals surface area contributed by atoms with Gasteiger partial charge < -0.3 is 10.2 Å². The van der Waals surface area contributed by atoms with Crippen LogP contribution in [-0.4, -0.2) is 25.7 Å². The number of benzene rings is 1. The molecule has 0 saturated carbocycles. The molecular formula is C13H18BrClN2. The molecule has 1 aliphatic rings. The third kappa shape index (κ3) is 3.15. The molecule has 0 amide bonds. The van der Waals surface area contributed by atoms with E-state index in [0.717, 1.165) is 34.7 Å². The number of rotatable bonds is 1. The lowest BCUT2D eigenvalue weighted by atomic mass is 10.2. The minimum absolute atomic E-state index is 0.518. The van der Waals surface area contributed by atoms with Crippen molar-refractivity contribution >= 4 is 33.2 Å². The van der Waals surface area contributed by atoms with Crippen LogP contribution in [0.15, 0.2) is 16.6 Å². The van der Waals surface area contributed by atoms with E-state index in [1.54, 1.807) is 0 Å². The lowest BCUT2D eigenvalue weighted by Crippen LogP contribution is -2.35. The number of nitrogens with zero attached hydrogens (tertiary/aromatic N) is 1. The van der Waals surface area contributed by atoms with E-state index in [1.807, 2.05) is 6.92 Å². The van der Waals surface area contributed by atoms with Crippen molar-refractivity contribution in [1.82, 2.24) is 5.32 Å². The topological polar surface area (TPSA) is 15.3 Å². The highest BCUT2D eigenvalue weighted by molar-refractivity contribution is 9.10. The molecule has 2 rings (SSSR count). The van der Waals surface area contributed by atoms with Gasteiger partial charge in [0.05, 0.1) is 5.69 Å². The Morgan fingerprint density at radius 3 is 3.00 bits per heavy atom. The van der Waals surface area contributed by atoms with Crippen LogP contribution in [0.4, 0.5) is 5.69 Å². The van der Waals surface area contributed by atoms with Crippen LogP contribution in [0.3, 0.4) is 0 Å². The molecule has 0 aromatic heterocycles. The minimum atomic E-state index is 0.518. The van der Waals surface area contributed by atoms with Crippen molar-refractivity contribution < 1.29 is 0 Å². The van der Waals surface area contributed by atoms with Crippen molar-refractivity contribution in [3.8, 4) is 0 Å². The van der Waals surface area contributed by atoms with Crippen LogP contribution < -0.4 is 10.2 Å². The fourth-order valence-electron chi connectivity index (χ4n) is 2.20. The van der Waals surface area contributed by atoms with Gasteiger partial charge in [-0.05, 0) is 60.4 Å². The van der Waals surface area contributed by atoms with Gasteiger partial charge in [0.1, 0.15) is 0 Å². The molecule has 1 N–H and O–H groups in total. The predicted molar refractivity (Wildman–Crippen MR) is 78.2 cm³/mol. The van der Waals surface area contributed by atoms with E-state index in [9.17, 15) is 0 Å². The normalized spacial score (nSPS) is 21.4. The lowest BCUT2D eigenvalue weighted by molar-refractivity contribution is 0.584. The van der Waals surface area contributed by atoms with Crippen molar-refractivity contribution in [3.05, 3.63) is 27.2 Å². The highest BCUT2D eigenvalue weighted by Crippen LogP contribution is 2.32. The smallest absolute Gasteiger partial charge is 0.0526 e. The zero-order valence-electron chi connectivity index (χ0n) is 10.3. The van der Waals surface area contributed by atoms with Gasteiger partial charge in [0.25, 0.3) is 0 Å². The molecule has 1 unspecified atom stereocenters. The van der Waals surface area contributed by atoms with Gasteiger partial charge in [0.15, 0.2) is 0 Å². The van der Waals surface area contributed by atoms with E-state index >= 15 is 0 Å². The average molecular weight is 318 g/mol. The Balaban J connectivity index is 2.28. The number of halogens is 2. The molecular weight excluding hydrogens is 300 g/mol. The van der Waals surface area contributed by atoms with E-state index < -0.39 is 0 Å². The average Bonchev–Trinajstić information content (AvgIpc) is 2.48. The summed E-state index contributed by atoms with van der Waals surface area (Å²) in [4.78, 5) is 2.40. The molecule has 0 radical (unpaired) electrons. The Hall–Kier alpha value is -0.250. The largest absolute Gasteiger partial charge is 0.369 e. The van der Waals surface area contributed by atoms with E-state index in [4.69, 9.17) is 11.6 Å². The van der Waals surface area contributed by atoms with E-state index in [2.05, 4.69) is 45.2 Å². The van der Waals surface area contributed by atoms with Gasteiger partial charge >= 0.3 is 0 Å². The summed E-state index contributed by atoms with van der Waals surface area (Å²) >= 11 is 9.86. The first-order valence-electron chi connectivity index (χ1n) is 6.02. The standard InChI is InChI=1S/C13H18BrClN2/c1-9-6-11(14)13(7-12(9)15)17-5-3-4-16-10(2)8-17/h6-7,10,16H,3-5,8H2,1-2H3. The maximum absolute atomic E-state index is 6.22. The van der Waals surface area contributed by atoms with Crippen LogP contribution in [0.25, 0.3) is 0 Å². The molecule has 0 bridgehead atoms. The van der Waals surface area contributed by atoms with Crippen molar-refractivity contribution in [1.29, 1.82) is 0 Å². The minimum Gasteiger partial charge on any atom is -0.369 e. The van der Waals surface area contributed by atoms with E-state index in [1.165, 1.54) is 12.1 Å². The summed E-state index contributed by atoms with van der Waals surface area (Å²) in [5.41, 5.74) is 2.32. The van der Waals surface area contributed by atoms with Gasteiger partial charge in [0, 0.05) is 28.6 Å². The Bertz CT molecular complexity index is 409. The maximum atomic E-state index is 6.22. The van der Waals surface area contributed by atoms with Crippen molar-refractivity contribution in [2.45, 2.75) is 26.3 Å². The van der Waals surface area contributed by atoms with Crippen LogP contribution in [0.5, 0.6) is 0 Å². The van der Waals surface area contributed by atoms with Crippen molar-refractivity contribution in [3.63, 3.8) is 0 Å². The number of nitrogens with one attached hydrogen (secondary N) is 1. The van der Waals surface area contributed by atoms with Gasteiger partial charge in [-0.3, -0.25) is 0 Å². The van der Waals surface area contributed by atoms with Crippen LogP contribution in [0.1, 0.15) is 18.9 Å². The van der Waals surface area contributed by atoms with Crippen LogP contribution in [-0.2, 0) is 0 Å². The third-order valence-electron chi connectivity index (χ3n) is 3.16. The molecule has 2 nitrogen and oxygen atoms in total. The quantitative estimate of drug-likeness (QED) is 0.851. The first kappa shape index (κ1) is 13.2. The predicted octanol–water partition coefficient (Wildman–Crippen LogP) is 3.60. The monoisotopic (exact) mass is 316 g/mol. The second-order valence-electron chi connectivity index (χ2n) is 4.71. The summed E-state index contributed by atoms with van der Waals surface area (Å²) in [7, 11) is 0. The molecule has 0 spiro atoms. The Morgan fingerprint density at radius 2 is 2.24 bits per heavy atom. The molecule has 1 aromatic carbocycles. The van der Waals surface area contributed by atoms with E-state index in [0.29, 0.717) is 6.04 Å². The molecule has 1 saturated heterocycles. The lowest BCUT2D eigenvalue weighted by Gasteiger charge is -2.26. The van der Waals surface area contributed by atoms with Crippen molar-refractivity contribution in [2.24, 2.45) is 0 Å². The summed E-state index contributed by atoms with van der Waals surface area (Å²) in [6.07, 6.45) is 1.17. The number of anilines is 1. The van der Waals surface area contributed by atoms with E-state index in [-0.39, 0.29) is 0 Å². The Morgan fingerprint density at radius 1 is 1.47 bits per heavy atom. The summed E-state index contributed by atoms with van der Waals surface area (Å²) in [5, 5.41) is 4.34. The van der Waals surface area contributed by atoms with Gasteiger partial charge in [-0.2, -0.15) is 0 Å².